The lowest BCUT2D eigenvalue weighted by Crippen LogP contribution is -2.06. The van der Waals surface area contributed by atoms with Gasteiger partial charge in [-0.2, -0.15) is 0 Å². The van der Waals surface area contributed by atoms with Crippen molar-refractivity contribution in [1.82, 2.24) is 0 Å². The van der Waals surface area contributed by atoms with Crippen LogP contribution in [0.3, 0.4) is 0 Å². The van der Waals surface area contributed by atoms with E-state index in [9.17, 15) is 4.79 Å². The van der Waals surface area contributed by atoms with Gasteiger partial charge in [-0.15, -0.1) is 0 Å². The maximum absolute atomic E-state index is 9.85. The number of hydrogen-bond acceptors (Lipinski definition) is 3. The summed E-state index contributed by atoms with van der Waals surface area (Å²) in [6.45, 7) is 6.48. The highest BCUT2D eigenvalue weighted by atomic mass is 16.5. The van der Waals surface area contributed by atoms with E-state index in [2.05, 4.69) is 13.8 Å². The fourth-order valence-electron chi connectivity index (χ4n) is 0.945. The van der Waals surface area contributed by atoms with Crippen LogP contribution in [0.5, 0.6) is 0 Å². The Morgan fingerprint density at radius 2 is 1.85 bits per heavy atom. The first-order valence-electron chi connectivity index (χ1n) is 4.86. The van der Waals surface area contributed by atoms with Crippen molar-refractivity contribution in [2.75, 3.05) is 26.4 Å². The molecule has 0 aromatic heterocycles. The van der Waals surface area contributed by atoms with Crippen LogP contribution in [0, 0.1) is 5.92 Å². The lowest BCUT2D eigenvalue weighted by Gasteiger charge is -2.05. The zero-order valence-electron chi connectivity index (χ0n) is 8.62. The van der Waals surface area contributed by atoms with Crippen LogP contribution in [0.2, 0.25) is 0 Å². The predicted octanol–water partition coefficient (Wildman–Crippen LogP) is 1.65. The minimum atomic E-state index is 0.176. The Balaban J connectivity index is 2.87. The summed E-state index contributed by atoms with van der Waals surface area (Å²) in [5.41, 5.74) is 0. The third kappa shape index (κ3) is 11.6. The molecule has 0 aromatic rings. The standard InChI is InChI=1S/C10H20O3/c1-10(2)4-3-6-12-8-9-13-7-5-11/h5,10H,3-4,6-9H2,1-2H3. The van der Waals surface area contributed by atoms with E-state index in [0.717, 1.165) is 25.2 Å². The number of carbonyl (C=O) groups is 1. The molecule has 0 heterocycles. The molecule has 0 saturated heterocycles. The normalized spacial score (nSPS) is 10.7. The molecule has 0 aliphatic rings. The van der Waals surface area contributed by atoms with Crippen LogP contribution in [-0.4, -0.2) is 32.7 Å². The summed E-state index contributed by atoms with van der Waals surface area (Å²) in [6.07, 6.45) is 3.05. The van der Waals surface area contributed by atoms with Crippen LogP contribution in [0.1, 0.15) is 26.7 Å². The number of aldehydes is 1. The quantitative estimate of drug-likeness (QED) is 0.408. The molecule has 78 valence electrons. The highest BCUT2D eigenvalue weighted by molar-refractivity contribution is 5.50. The third-order valence-electron chi connectivity index (χ3n) is 1.63. The Morgan fingerprint density at radius 3 is 2.46 bits per heavy atom. The van der Waals surface area contributed by atoms with Crippen molar-refractivity contribution in [3.63, 3.8) is 0 Å². The maximum atomic E-state index is 9.85. The Kier molecular flexibility index (Phi) is 9.37. The van der Waals surface area contributed by atoms with Crippen molar-refractivity contribution in [2.24, 2.45) is 5.92 Å². The second-order valence-corrected chi connectivity index (χ2v) is 3.39. The number of carbonyl (C=O) groups excluding carboxylic acids is 1. The molecule has 0 atom stereocenters. The van der Waals surface area contributed by atoms with Crippen molar-refractivity contribution in [3.8, 4) is 0 Å². The SMILES string of the molecule is CC(C)CCCOCCOCC=O. The van der Waals surface area contributed by atoms with E-state index in [1.54, 1.807) is 0 Å². The van der Waals surface area contributed by atoms with Gasteiger partial charge in [0.2, 0.25) is 0 Å². The topological polar surface area (TPSA) is 35.5 Å². The molecule has 0 saturated carbocycles. The van der Waals surface area contributed by atoms with Gasteiger partial charge in [0.1, 0.15) is 12.9 Å². The molecule has 13 heavy (non-hydrogen) atoms. The highest BCUT2D eigenvalue weighted by Gasteiger charge is 1.93. The highest BCUT2D eigenvalue weighted by Crippen LogP contribution is 2.02. The van der Waals surface area contributed by atoms with Gasteiger partial charge in [-0.25, -0.2) is 0 Å². The summed E-state index contributed by atoms with van der Waals surface area (Å²) >= 11 is 0. The summed E-state index contributed by atoms with van der Waals surface area (Å²) in [5, 5.41) is 0. The van der Waals surface area contributed by atoms with Crippen LogP contribution >= 0.6 is 0 Å². The first-order chi connectivity index (χ1) is 6.27. The zero-order valence-corrected chi connectivity index (χ0v) is 8.62. The Bertz CT molecular complexity index is 113. The summed E-state index contributed by atoms with van der Waals surface area (Å²) < 4.78 is 10.2. The smallest absolute Gasteiger partial charge is 0.145 e. The average molecular weight is 188 g/mol. The molecule has 0 aliphatic carbocycles. The van der Waals surface area contributed by atoms with Crippen molar-refractivity contribution in [3.05, 3.63) is 0 Å². The van der Waals surface area contributed by atoms with E-state index in [0.29, 0.717) is 13.2 Å². The lowest BCUT2D eigenvalue weighted by atomic mass is 10.1. The lowest BCUT2D eigenvalue weighted by molar-refractivity contribution is -0.112. The first-order valence-corrected chi connectivity index (χ1v) is 4.86. The molecular weight excluding hydrogens is 168 g/mol. The van der Waals surface area contributed by atoms with E-state index < -0.39 is 0 Å². The monoisotopic (exact) mass is 188 g/mol. The van der Waals surface area contributed by atoms with Crippen LogP contribution in [0.25, 0.3) is 0 Å². The Labute approximate surface area is 80.4 Å². The number of ether oxygens (including phenoxy) is 2. The van der Waals surface area contributed by atoms with Gasteiger partial charge in [-0.1, -0.05) is 13.8 Å². The largest absolute Gasteiger partial charge is 0.379 e. The minimum Gasteiger partial charge on any atom is -0.379 e. The van der Waals surface area contributed by atoms with Gasteiger partial charge < -0.3 is 14.3 Å². The van der Waals surface area contributed by atoms with Gasteiger partial charge >= 0.3 is 0 Å². The Hall–Kier alpha value is -0.410. The first kappa shape index (κ1) is 12.6. The van der Waals surface area contributed by atoms with Gasteiger partial charge in [0.25, 0.3) is 0 Å². The molecule has 0 bridgehead atoms. The summed E-state index contributed by atoms with van der Waals surface area (Å²) in [6, 6.07) is 0. The molecule has 0 radical (unpaired) electrons. The molecular formula is C10H20O3. The van der Waals surface area contributed by atoms with E-state index in [1.165, 1.54) is 6.42 Å². The van der Waals surface area contributed by atoms with Crippen molar-refractivity contribution < 1.29 is 14.3 Å². The van der Waals surface area contributed by atoms with Crippen molar-refractivity contribution >= 4 is 6.29 Å². The van der Waals surface area contributed by atoms with E-state index in [4.69, 9.17) is 9.47 Å². The Morgan fingerprint density at radius 1 is 1.15 bits per heavy atom. The number of hydrogen-bond donors (Lipinski definition) is 0. The molecule has 3 nitrogen and oxygen atoms in total. The van der Waals surface area contributed by atoms with Crippen LogP contribution in [0.15, 0.2) is 0 Å². The average Bonchev–Trinajstić information content (AvgIpc) is 2.09. The molecule has 0 rings (SSSR count). The van der Waals surface area contributed by atoms with E-state index >= 15 is 0 Å². The molecule has 0 amide bonds. The zero-order chi connectivity index (χ0) is 9.94. The maximum Gasteiger partial charge on any atom is 0.145 e. The molecule has 0 unspecified atom stereocenters. The molecule has 0 N–H and O–H groups in total. The van der Waals surface area contributed by atoms with Crippen LogP contribution in [0.4, 0.5) is 0 Å². The fourth-order valence-corrected chi connectivity index (χ4v) is 0.945. The summed E-state index contributed by atoms with van der Waals surface area (Å²) in [7, 11) is 0. The molecule has 3 heteroatoms. The molecule has 0 fully saturated rings. The number of rotatable bonds is 9. The van der Waals surface area contributed by atoms with Crippen molar-refractivity contribution in [2.45, 2.75) is 26.7 Å². The van der Waals surface area contributed by atoms with Crippen molar-refractivity contribution in [1.29, 1.82) is 0 Å². The van der Waals surface area contributed by atoms with Gasteiger partial charge in [0.05, 0.1) is 13.2 Å². The van der Waals surface area contributed by atoms with Gasteiger partial charge in [0.15, 0.2) is 0 Å². The molecule has 0 aliphatic heterocycles. The molecule has 0 spiro atoms. The minimum absolute atomic E-state index is 0.176. The summed E-state index contributed by atoms with van der Waals surface area (Å²) in [4.78, 5) is 9.85. The van der Waals surface area contributed by atoms with E-state index in [-0.39, 0.29) is 6.61 Å². The summed E-state index contributed by atoms with van der Waals surface area (Å²) in [5.74, 6) is 0.745. The van der Waals surface area contributed by atoms with E-state index in [1.807, 2.05) is 0 Å². The molecule has 0 aromatic carbocycles. The fraction of sp³-hybridized carbons (Fsp3) is 0.900. The second kappa shape index (κ2) is 9.68. The van der Waals surface area contributed by atoms with Gasteiger partial charge in [-0.05, 0) is 18.8 Å². The van der Waals surface area contributed by atoms with Gasteiger partial charge in [-0.3, -0.25) is 0 Å². The third-order valence-corrected chi connectivity index (χ3v) is 1.63. The van der Waals surface area contributed by atoms with Crippen LogP contribution in [-0.2, 0) is 14.3 Å². The predicted molar refractivity (Wildman–Crippen MR) is 51.8 cm³/mol. The van der Waals surface area contributed by atoms with Crippen LogP contribution < -0.4 is 0 Å². The van der Waals surface area contributed by atoms with Gasteiger partial charge in [0, 0.05) is 6.61 Å². The second-order valence-electron chi connectivity index (χ2n) is 3.39.